The molecule has 0 saturated heterocycles. The number of hydrogen-bond acceptors (Lipinski definition) is 4. The van der Waals surface area contributed by atoms with Crippen LogP contribution in [-0.2, 0) is 13.1 Å². The van der Waals surface area contributed by atoms with Gasteiger partial charge in [0.2, 0.25) is 0 Å². The number of aromatic nitrogens is 3. The van der Waals surface area contributed by atoms with Gasteiger partial charge in [-0.15, -0.1) is 0 Å². The molecule has 1 aromatic carbocycles. The van der Waals surface area contributed by atoms with Crippen molar-refractivity contribution in [3.05, 3.63) is 83.4 Å². The zero-order valence-corrected chi connectivity index (χ0v) is 16.3. The van der Waals surface area contributed by atoms with Gasteiger partial charge in [-0.1, -0.05) is 37.3 Å². The lowest BCUT2D eigenvalue weighted by atomic mass is 10.1. The second-order valence-electron chi connectivity index (χ2n) is 6.86. The molecule has 3 rings (SSSR count). The third-order valence-electron chi connectivity index (χ3n) is 4.62. The summed E-state index contributed by atoms with van der Waals surface area (Å²) < 4.78 is 1.81. The Hall–Kier alpha value is -2.99. The van der Waals surface area contributed by atoms with Crippen molar-refractivity contribution in [2.24, 2.45) is 0 Å². The van der Waals surface area contributed by atoms with E-state index in [0.29, 0.717) is 17.8 Å². The van der Waals surface area contributed by atoms with Gasteiger partial charge in [0.1, 0.15) is 0 Å². The van der Waals surface area contributed by atoms with Crippen LogP contribution in [0, 0.1) is 6.92 Å². The number of carbonyl (C=O) groups is 1. The van der Waals surface area contributed by atoms with Crippen molar-refractivity contribution in [3.63, 3.8) is 0 Å². The summed E-state index contributed by atoms with van der Waals surface area (Å²) in [4.78, 5) is 19.0. The maximum absolute atomic E-state index is 13.3. The Labute approximate surface area is 165 Å². The number of aliphatic hydroxyl groups excluding tert-OH is 1. The lowest BCUT2D eigenvalue weighted by molar-refractivity contribution is 0.0603. The second-order valence-corrected chi connectivity index (χ2v) is 6.86. The number of carbonyl (C=O) groups excluding carboxylic acids is 1. The number of rotatable bonds is 8. The van der Waals surface area contributed by atoms with E-state index >= 15 is 0 Å². The van der Waals surface area contributed by atoms with E-state index in [1.807, 2.05) is 49.4 Å². The van der Waals surface area contributed by atoms with Gasteiger partial charge in [-0.2, -0.15) is 5.10 Å². The van der Waals surface area contributed by atoms with Crippen LogP contribution in [0.1, 0.15) is 46.6 Å². The summed E-state index contributed by atoms with van der Waals surface area (Å²) in [6.07, 6.45) is 5.39. The highest BCUT2D eigenvalue weighted by atomic mass is 16.3. The van der Waals surface area contributed by atoms with Crippen LogP contribution in [0.15, 0.2) is 61.1 Å². The molecule has 1 atom stereocenters. The van der Waals surface area contributed by atoms with Crippen molar-refractivity contribution in [1.82, 2.24) is 19.7 Å². The Morgan fingerprint density at radius 3 is 2.57 bits per heavy atom. The third kappa shape index (κ3) is 4.84. The molecule has 0 unspecified atom stereocenters. The predicted molar refractivity (Wildman–Crippen MR) is 108 cm³/mol. The smallest absolute Gasteiger partial charge is 0.257 e. The number of benzene rings is 1. The van der Waals surface area contributed by atoms with E-state index in [-0.39, 0.29) is 12.5 Å². The summed E-state index contributed by atoms with van der Waals surface area (Å²) >= 11 is 0. The Bertz CT molecular complexity index is 893. The Kier molecular flexibility index (Phi) is 6.55. The molecule has 0 bridgehead atoms. The van der Waals surface area contributed by atoms with Crippen LogP contribution >= 0.6 is 0 Å². The van der Waals surface area contributed by atoms with Gasteiger partial charge in [0, 0.05) is 31.7 Å². The number of aliphatic hydroxyl groups is 1. The van der Waals surface area contributed by atoms with E-state index in [0.717, 1.165) is 24.1 Å². The molecule has 6 heteroatoms. The number of amides is 1. The molecule has 0 aliphatic heterocycles. The van der Waals surface area contributed by atoms with Crippen LogP contribution in [0.3, 0.4) is 0 Å². The molecule has 0 radical (unpaired) electrons. The standard InChI is InChI=1S/C22H26N4O2/c1-3-13-26-15-20(17(2)24-26)22(28)25(14-18-9-11-23-12-10-18)16-21(27)19-7-5-4-6-8-19/h4-12,15,21,27H,3,13-14,16H2,1-2H3/t21-/m0/s1. The van der Waals surface area contributed by atoms with Gasteiger partial charge in [-0.25, -0.2) is 0 Å². The summed E-state index contributed by atoms with van der Waals surface area (Å²) in [5, 5.41) is 15.1. The fourth-order valence-corrected chi connectivity index (χ4v) is 3.16. The molecule has 2 heterocycles. The van der Waals surface area contributed by atoms with Crippen LogP contribution in [-0.4, -0.2) is 37.2 Å². The fraction of sp³-hybridized carbons (Fsp3) is 0.318. The molecular formula is C22H26N4O2. The average Bonchev–Trinajstić information content (AvgIpc) is 3.08. The number of pyridine rings is 1. The van der Waals surface area contributed by atoms with Crippen LogP contribution in [0.25, 0.3) is 0 Å². The molecule has 28 heavy (non-hydrogen) atoms. The average molecular weight is 378 g/mol. The molecular weight excluding hydrogens is 352 g/mol. The van der Waals surface area contributed by atoms with E-state index in [1.165, 1.54) is 0 Å². The van der Waals surface area contributed by atoms with Crippen molar-refractivity contribution in [1.29, 1.82) is 0 Å². The minimum absolute atomic E-state index is 0.133. The zero-order chi connectivity index (χ0) is 19.9. The Balaban J connectivity index is 1.85. The third-order valence-corrected chi connectivity index (χ3v) is 4.62. The highest BCUT2D eigenvalue weighted by Crippen LogP contribution is 2.19. The molecule has 146 valence electrons. The van der Waals surface area contributed by atoms with Gasteiger partial charge in [0.25, 0.3) is 5.91 Å². The zero-order valence-electron chi connectivity index (χ0n) is 16.3. The monoisotopic (exact) mass is 378 g/mol. The van der Waals surface area contributed by atoms with Gasteiger partial charge in [-0.05, 0) is 36.6 Å². The molecule has 0 aliphatic rings. The molecule has 0 spiro atoms. The minimum atomic E-state index is -0.766. The number of nitrogens with zero attached hydrogens (tertiary/aromatic N) is 4. The van der Waals surface area contributed by atoms with Crippen molar-refractivity contribution in [3.8, 4) is 0 Å². The van der Waals surface area contributed by atoms with Gasteiger partial charge in [-0.3, -0.25) is 14.5 Å². The van der Waals surface area contributed by atoms with Crippen molar-refractivity contribution < 1.29 is 9.90 Å². The van der Waals surface area contributed by atoms with E-state index in [1.54, 1.807) is 28.2 Å². The maximum atomic E-state index is 13.3. The Morgan fingerprint density at radius 1 is 1.18 bits per heavy atom. The topological polar surface area (TPSA) is 71.2 Å². The van der Waals surface area contributed by atoms with E-state index in [2.05, 4.69) is 17.0 Å². The van der Waals surface area contributed by atoms with Crippen molar-refractivity contribution >= 4 is 5.91 Å². The first-order valence-electron chi connectivity index (χ1n) is 9.53. The lowest BCUT2D eigenvalue weighted by Crippen LogP contribution is -2.34. The predicted octanol–water partition coefficient (Wildman–Crippen LogP) is 3.37. The van der Waals surface area contributed by atoms with Crippen LogP contribution in [0.4, 0.5) is 0 Å². The first kappa shape index (κ1) is 19.8. The molecule has 1 amide bonds. The first-order chi connectivity index (χ1) is 13.6. The SMILES string of the molecule is CCCn1cc(C(=O)N(Cc2ccncc2)C[C@H](O)c2ccccc2)c(C)n1. The maximum Gasteiger partial charge on any atom is 0.257 e. The lowest BCUT2D eigenvalue weighted by Gasteiger charge is -2.25. The largest absolute Gasteiger partial charge is 0.387 e. The molecule has 6 nitrogen and oxygen atoms in total. The highest BCUT2D eigenvalue weighted by molar-refractivity contribution is 5.95. The molecule has 0 fully saturated rings. The van der Waals surface area contributed by atoms with E-state index in [4.69, 9.17) is 0 Å². The summed E-state index contributed by atoms with van der Waals surface area (Å²) in [7, 11) is 0. The van der Waals surface area contributed by atoms with Crippen LogP contribution < -0.4 is 0 Å². The molecule has 1 N–H and O–H groups in total. The number of hydrogen-bond donors (Lipinski definition) is 1. The summed E-state index contributed by atoms with van der Waals surface area (Å²) in [6, 6.07) is 13.2. The summed E-state index contributed by atoms with van der Waals surface area (Å²) in [6.45, 7) is 5.28. The van der Waals surface area contributed by atoms with Gasteiger partial charge >= 0.3 is 0 Å². The van der Waals surface area contributed by atoms with Crippen LogP contribution in [0.2, 0.25) is 0 Å². The molecule has 2 aromatic heterocycles. The summed E-state index contributed by atoms with van der Waals surface area (Å²) in [5.41, 5.74) is 3.02. The minimum Gasteiger partial charge on any atom is -0.387 e. The molecule has 0 aliphatic carbocycles. The fourth-order valence-electron chi connectivity index (χ4n) is 3.16. The highest BCUT2D eigenvalue weighted by Gasteiger charge is 2.23. The van der Waals surface area contributed by atoms with Crippen molar-refractivity contribution in [2.45, 2.75) is 39.5 Å². The van der Waals surface area contributed by atoms with Crippen molar-refractivity contribution in [2.75, 3.05) is 6.54 Å². The molecule has 3 aromatic rings. The Morgan fingerprint density at radius 2 is 1.89 bits per heavy atom. The molecule has 0 saturated carbocycles. The normalized spacial score (nSPS) is 12.0. The quantitative estimate of drug-likeness (QED) is 0.652. The van der Waals surface area contributed by atoms with Gasteiger partial charge in [0.15, 0.2) is 0 Å². The van der Waals surface area contributed by atoms with Gasteiger partial charge in [0.05, 0.1) is 23.9 Å². The first-order valence-corrected chi connectivity index (χ1v) is 9.53. The van der Waals surface area contributed by atoms with E-state index in [9.17, 15) is 9.90 Å². The van der Waals surface area contributed by atoms with Gasteiger partial charge < -0.3 is 10.0 Å². The van der Waals surface area contributed by atoms with E-state index < -0.39 is 6.10 Å². The second kappa shape index (κ2) is 9.28. The van der Waals surface area contributed by atoms with Crippen LogP contribution in [0.5, 0.6) is 0 Å². The summed E-state index contributed by atoms with van der Waals surface area (Å²) in [5.74, 6) is -0.133. The number of aryl methyl sites for hydroxylation is 2.